The number of phenols is 1. The van der Waals surface area contributed by atoms with E-state index in [4.69, 9.17) is 46.4 Å². The van der Waals surface area contributed by atoms with Gasteiger partial charge in [-0.1, -0.05) is 84.5 Å². The molecule has 0 unspecified atom stereocenters. The minimum Gasteiger partial charge on any atom is -0.505 e. The predicted molar refractivity (Wildman–Crippen MR) is 173 cm³/mol. The maximum Gasteiger partial charge on any atom is 0.254 e. The number of halogens is 5. The summed E-state index contributed by atoms with van der Waals surface area (Å²) in [5.41, 5.74) is 2.42. The second-order valence-electron chi connectivity index (χ2n) is 10.7. The average molecular weight is 698 g/mol. The summed E-state index contributed by atoms with van der Waals surface area (Å²) in [5, 5.41) is 11.2. The number of carbonyl (C=O) groups is 1. The third-order valence-electron chi connectivity index (χ3n) is 6.61. The van der Waals surface area contributed by atoms with Crippen molar-refractivity contribution in [2.45, 2.75) is 38.4 Å². The Labute approximate surface area is 276 Å². The van der Waals surface area contributed by atoms with Crippen LogP contribution in [0.25, 0.3) is 0 Å². The molecule has 0 spiro atoms. The van der Waals surface area contributed by atoms with Gasteiger partial charge in [0, 0.05) is 46.8 Å². The van der Waals surface area contributed by atoms with Gasteiger partial charge in [0.25, 0.3) is 5.91 Å². The quantitative estimate of drug-likeness (QED) is 0.170. The molecule has 0 atom stereocenters. The molecule has 1 amide bonds. The lowest BCUT2D eigenvalue weighted by Gasteiger charge is -2.25. The van der Waals surface area contributed by atoms with Crippen LogP contribution < -0.4 is 0 Å². The normalized spacial score (nSPS) is 11.8. The Morgan fingerprint density at radius 2 is 1.30 bits per heavy atom. The molecular weight excluding hydrogens is 669 g/mol. The summed E-state index contributed by atoms with van der Waals surface area (Å²) in [6.45, 7) is 4.25. The lowest BCUT2D eigenvalue weighted by Crippen LogP contribution is -2.34. The van der Waals surface area contributed by atoms with Crippen molar-refractivity contribution in [3.8, 4) is 5.75 Å². The molecule has 0 aliphatic heterocycles. The Morgan fingerprint density at radius 3 is 1.89 bits per heavy atom. The molecular formula is C32H29Cl4FN2O4S. The summed E-state index contributed by atoms with van der Waals surface area (Å²) in [5.74, 6) is -1.30. The van der Waals surface area contributed by atoms with Crippen LogP contribution in [0.2, 0.25) is 20.1 Å². The molecule has 0 bridgehead atoms. The molecule has 0 saturated carbocycles. The standard InChI is InChI=1S/C32H29Cl4FN2O4S/c1-20(2)16-39(44(42,43)30-15-27(35)14-29(36)31(30)40)19-22-3-7-24(8-4-22)32(41)38(17-21-5-9-28(37)10-6-21)18-23-11-25(33)13-26(34)12-23/h3-15,20,40H,16-19H2,1-2H3. The van der Waals surface area contributed by atoms with Crippen molar-refractivity contribution in [1.82, 2.24) is 9.21 Å². The first-order valence-corrected chi connectivity index (χ1v) is 16.4. The van der Waals surface area contributed by atoms with Crippen LogP contribution in [0.4, 0.5) is 4.39 Å². The molecule has 1 N–H and O–H groups in total. The molecule has 6 nitrogen and oxygen atoms in total. The number of rotatable bonds is 11. The van der Waals surface area contributed by atoms with Crippen LogP contribution in [0.5, 0.6) is 5.75 Å². The zero-order valence-electron chi connectivity index (χ0n) is 23.8. The number of benzene rings is 4. The molecule has 12 heteroatoms. The highest BCUT2D eigenvalue weighted by atomic mass is 35.5. The number of aromatic hydroxyl groups is 1. The van der Waals surface area contributed by atoms with Crippen LogP contribution in [0.3, 0.4) is 0 Å². The Balaban J connectivity index is 1.61. The number of phenolic OH excluding ortho intramolecular Hbond substituents is 1. The number of amides is 1. The van der Waals surface area contributed by atoms with Crippen molar-refractivity contribution in [2.24, 2.45) is 5.92 Å². The van der Waals surface area contributed by atoms with Crippen molar-refractivity contribution in [1.29, 1.82) is 0 Å². The van der Waals surface area contributed by atoms with Crippen molar-refractivity contribution in [2.75, 3.05) is 6.54 Å². The molecule has 0 aliphatic carbocycles. The Hall–Kier alpha value is -2.85. The summed E-state index contributed by atoms with van der Waals surface area (Å²) >= 11 is 24.4. The second-order valence-corrected chi connectivity index (χ2v) is 14.3. The van der Waals surface area contributed by atoms with Gasteiger partial charge < -0.3 is 10.0 Å². The first-order chi connectivity index (χ1) is 20.7. The largest absolute Gasteiger partial charge is 0.505 e. The van der Waals surface area contributed by atoms with Gasteiger partial charge in [-0.3, -0.25) is 4.79 Å². The highest BCUT2D eigenvalue weighted by Crippen LogP contribution is 2.36. The van der Waals surface area contributed by atoms with Gasteiger partial charge in [0.1, 0.15) is 10.7 Å². The summed E-state index contributed by atoms with van der Waals surface area (Å²) < 4.78 is 42.0. The van der Waals surface area contributed by atoms with Gasteiger partial charge in [0.2, 0.25) is 10.0 Å². The molecule has 0 aliphatic rings. The second kappa shape index (κ2) is 14.5. The molecule has 0 aromatic heterocycles. The lowest BCUT2D eigenvalue weighted by atomic mass is 10.1. The summed E-state index contributed by atoms with van der Waals surface area (Å²) in [7, 11) is -4.20. The SMILES string of the molecule is CC(C)CN(Cc1ccc(C(=O)N(Cc2ccc(F)cc2)Cc2cc(Cl)cc(Cl)c2)cc1)S(=O)(=O)c1cc(Cl)cc(Cl)c1O. The van der Waals surface area contributed by atoms with Crippen LogP contribution in [0.15, 0.2) is 83.8 Å². The van der Waals surface area contributed by atoms with E-state index in [9.17, 15) is 22.7 Å². The number of carbonyl (C=O) groups excluding carboxylic acids is 1. The van der Waals surface area contributed by atoms with E-state index in [2.05, 4.69) is 0 Å². The van der Waals surface area contributed by atoms with Gasteiger partial charge in [-0.25, -0.2) is 12.8 Å². The van der Waals surface area contributed by atoms with Gasteiger partial charge in [0.15, 0.2) is 5.75 Å². The van der Waals surface area contributed by atoms with Crippen LogP contribution in [-0.2, 0) is 29.7 Å². The van der Waals surface area contributed by atoms with Crippen LogP contribution in [-0.4, -0.2) is 35.2 Å². The van der Waals surface area contributed by atoms with Gasteiger partial charge in [-0.15, -0.1) is 0 Å². The molecule has 0 saturated heterocycles. The van der Waals surface area contributed by atoms with Crippen molar-refractivity contribution < 1.29 is 22.7 Å². The number of hydrogen-bond acceptors (Lipinski definition) is 4. The van der Waals surface area contributed by atoms with Crippen molar-refractivity contribution in [3.05, 3.63) is 127 Å². The van der Waals surface area contributed by atoms with Crippen molar-refractivity contribution >= 4 is 62.3 Å². The smallest absolute Gasteiger partial charge is 0.254 e. The Kier molecular flexibility index (Phi) is 11.2. The van der Waals surface area contributed by atoms with E-state index in [-0.39, 0.29) is 58.8 Å². The summed E-state index contributed by atoms with van der Waals surface area (Å²) in [6, 6.07) is 19.9. The molecule has 0 fully saturated rings. The third-order valence-corrected chi connectivity index (χ3v) is 9.38. The topological polar surface area (TPSA) is 77.9 Å². The predicted octanol–water partition coefficient (Wildman–Crippen LogP) is 8.83. The molecule has 4 aromatic rings. The van der Waals surface area contributed by atoms with E-state index >= 15 is 0 Å². The fourth-order valence-corrected chi connectivity index (χ4v) is 7.51. The Morgan fingerprint density at radius 1 is 0.773 bits per heavy atom. The van der Waals surface area contributed by atoms with Crippen LogP contribution in [0, 0.1) is 11.7 Å². The first-order valence-electron chi connectivity index (χ1n) is 13.5. The fourth-order valence-electron chi connectivity index (χ4n) is 4.60. The fraction of sp³-hybridized carbons (Fsp3) is 0.219. The van der Waals surface area contributed by atoms with Gasteiger partial charge in [-0.2, -0.15) is 4.31 Å². The molecule has 4 aromatic carbocycles. The Bertz CT molecular complexity index is 1730. The van der Waals surface area contributed by atoms with E-state index in [0.29, 0.717) is 26.7 Å². The maximum absolute atomic E-state index is 13.7. The first kappa shape index (κ1) is 34.0. The van der Waals surface area contributed by atoms with E-state index < -0.39 is 15.8 Å². The lowest BCUT2D eigenvalue weighted by molar-refractivity contribution is 0.0730. The third kappa shape index (κ3) is 8.65. The number of sulfonamides is 1. The van der Waals surface area contributed by atoms with E-state index in [0.717, 1.165) is 11.6 Å². The molecule has 4 rings (SSSR count). The van der Waals surface area contributed by atoms with Crippen molar-refractivity contribution in [3.63, 3.8) is 0 Å². The highest BCUT2D eigenvalue weighted by molar-refractivity contribution is 7.89. The molecule has 0 heterocycles. The van der Waals surface area contributed by atoms with Gasteiger partial charge in [-0.05, 0) is 77.2 Å². The van der Waals surface area contributed by atoms with Gasteiger partial charge >= 0.3 is 0 Å². The summed E-state index contributed by atoms with van der Waals surface area (Å²) in [6.07, 6.45) is 0. The maximum atomic E-state index is 13.7. The van der Waals surface area contributed by atoms with E-state index in [1.165, 1.54) is 22.5 Å². The zero-order valence-corrected chi connectivity index (χ0v) is 27.6. The number of hydrogen-bond donors (Lipinski definition) is 1. The summed E-state index contributed by atoms with van der Waals surface area (Å²) in [4.78, 5) is 14.9. The molecule has 232 valence electrons. The monoisotopic (exact) mass is 696 g/mol. The van der Waals surface area contributed by atoms with Crippen LogP contribution >= 0.6 is 46.4 Å². The van der Waals surface area contributed by atoms with E-state index in [1.807, 2.05) is 13.8 Å². The molecule has 0 radical (unpaired) electrons. The van der Waals surface area contributed by atoms with E-state index in [1.54, 1.807) is 59.5 Å². The minimum absolute atomic E-state index is 0.0289. The minimum atomic E-state index is -4.20. The highest BCUT2D eigenvalue weighted by Gasteiger charge is 2.30. The number of nitrogens with zero attached hydrogens (tertiary/aromatic N) is 2. The van der Waals surface area contributed by atoms with Gasteiger partial charge in [0.05, 0.1) is 5.02 Å². The molecule has 44 heavy (non-hydrogen) atoms. The average Bonchev–Trinajstić information content (AvgIpc) is 2.94. The zero-order chi connectivity index (χ0) is 32.2. The van der Waals surface area contributed by atoms with Crippen LogP contribution in [0.1, 0.15) is 40.9 Å².